The van der Waals surface area contributed by atoms with Crippen molar-refractivity contribution in [3.63, 3.8) is 0 Å². The highest BCUT2D eigenvalue weighted by atomic mass is 19.1. The number of ether oxygens (including phenoxy) is 3. The van der Waals surface area contributed by atoms with Gasteiger partial charge in [-0.05, 0) is 61.4 Å². The highest BCUT2D eigenvalue weighted by Crippen LogP contribution is 2.29. The molecule has 1 aliphatic carbocycles. The summed E-state index contributed by atoms with van der Waals surface area (Å²) < 4.78 is 44.0. The van der Waals surface area contributed by atoms with Gasteiger partial charge in [-0.2, -0.15) is 0 Å². The summed E-state index contributed by atoms with van der Waals surface area (Å²) in [7, 11) is 2.92. The van der Waals surface area contributed by atoms with Crippen LogP contribution in [0.25, 0.3) is 0 Å². The number of carbonyl (C=O) groups is 2. The van der Waals surface area contributed by atoms with Crippen LogP contribution in [0.1, 0.15) is 41.6 Å². The second-order valence-corrected chi connectivity index (χ2v) is 7.86. The third-order valence-corrected chi connectivity index (χ3v) is 5.74. The first-order chi connectivity index (χ1) is 15.4. The van der Waals surface area contributed by atoms with Crippen LogP contribution < -0.4 is 14.8 Å². The molecule has 1 aliphatic rings. The lowest BCUT2D eigenvalue weighted by Crippen LogP contribution is -2.32. The predicted molar refractivity (Wildman–Crippen MR) is 113 cm³/mol. The van der Waals surface area contributed by atoms with E-state index < -0.39 is 23.3 Å². The fourth-order valence-electron chi connectivity index (χ4n) is 3.81. The average molecular weight is 447 g/mol. The largest absolute Gasteiger partial charge is 0.497 e. The summed E-state index contributed by atoms with van der Waals surface area (Å²) in [5, 5.41) is 2.73. The Labute approximate surface area is 185 Å². The zero-order valence-corrected chi connectivity index (χ0v) is 18.2. The molecular weight excluding hydrogens is 420 g/mol. The quantitative estimate of drug-likeness (QED) is 0.612. The molecule has 2 aromatic rings. The van der Waals surface area contributed by atoms with Crippen molar-refractivity contribution in [2.75, 3.05) is 20.8 Å². The Bertz CT molecular complexity index is 917. The van der Waals surface area contributed by atoms with Gasteiger partial charge in [0.2, 0.25) is 0 Å². The minimum atomic E-state index is -0.942. The molecule has 32 heavy (non-hydrogen) atoms. The fraction of sp³-hybridized carbons (Fsp3) is 0.417. The highest BCUT2D eigenvalue weighted by Gasteiger charge is 2.27. The number of methoxy groups -OCH3 is 2. The van der Waals surface area contributed by atoms with Crippen LogP contribution in [0.5, 0.6) is 11.5 Å². The van der Waals surface area contributed by atoms with Gasteiger partial charge in [0, 0.05) is 12.1 Å². The number of halogens is 2. The number of nitrogens with one attached hydrogen (secondary N) is 1. The van der Waals surface area contributed by atoms with Crippen molar-refractivity contribution in [2.45, 2.75) is 32.3 Å². The van der Waals surface area contributed by atoms with Gasteiger partial charge in [-0.1, -0.05) is 12.1 Å². The van der Waals surface area contributed by atoms with Crippen molar-refractivity contribution in [1.82, 2.24) is 5.32 Å². The molecule has 3 rings (SSSR count). The topological polar surface area (TPSA) is 73.9 Å². The minimum Gasteiger partial charge on any atom is -0.497 e. The summed E-state index contributed by atoms with van der Waals surface area (Å²) in [6.45, 7) is 0.351. The molecule has 0 heterocycles. The third-order valence-electron chi connectivity index (χ3n) is 5.74. The summed E-state index contributed by atoms with van der Waals surface area (Å²) in [6, 6.07) is 8.84. The van der Waals surface area contributed by atoms with E-state index in [1.807, 2.05) is 0 Å². The minimum absolute atomic E-state index is 0.0301. The van der Waals surface area contributed by atoms with Gasteiger partial charge in [-0.15, -0.1) is 0 Å². The molecule has 0 atom stereocenters. The van der Waals surface area contributed by atoms with Crippen molar-refractivity contribution in [2.24, 2.45) is 11.8 Å². The number of carbonyl (C=O) groups excluding carboxylic acids is 2. The molecule has 1 fully saturated rings. The molecule has 1 N–H and O–H groups in total. The van der Waals surface area contributed by atoms with Crippen LogP contribution in [0.3, 0.4) is 0 Å². The number of amides is 1. The zero-order chi connectivity index (χ0) is 23.1. The van der Waals surface area contributed by atoms with Crippen LogP contribution >= 0.6 is 0 Å². The number of hydrogen-bond donors (Lipinski definition) is 1. The van der Waals surface area contributed by atoms with Gasteiger partial charge in [0.05, 0.1) is 20.1 Å². The van der Waals surface area contributed by atoms with Gasteiger partial charge in [0.15, 0.2) is 17.4 Å². The van der Waals surface area contributed by atoms with Crippen LogP contribution in [-0.2, 0) is 16.1 Å². The summed E-state index contributed by atoms with van der Waals surface area (Å²) in [5.74, 6) is -2.39. The maximum absolute atomic E-state index is 14.4. The van der Waals surface area contributed by atoms with Crippen LogP contribution in [0.2, 0.25) is 0 Å². The van der Waals surface area contributed by atoms with E-state index in [2.05, 4.69) is 5.32 Å². The Morgan fingerprint density at radius 3 is 2.19 bits per heavy atom. The van der Waals surface area contributed by atoms with E-state index in [9.17, 15) is 18.4 Å². The molecule has 2 aromatic carbocycles. The van der Waals surface area contributed by atoms with Crippen LogP contribution in [0.15, 0.2) is 36.4 Å². The van der Waals surface area contributed by atoms with Gasteiger partial charge in [-0.3, -0.25) is 9.59 Å². The van der Waals surface area contributed by atoms with Crippen LogP contribution in [0, 0.1) is 23.5 Å². The molecule has 8 heteroatoms. The first-order valence-corrected chi connectivity index (χ1v) is 10.5. The van der Waals surface area contributed by atoms with E-state index in [1.165, 1.54) is 7.11 Å². The average Bonchev–Trinajstić information content (AvgIpc) is 2.82. The Balaban J connectivity index is 1.53. The van der Waals surface area contributed by atoms with Gasteiger partial charge in [0.1, 0.15) is 12.4 Å². The Morgan fingerprint density at radius 1 is 1.00 bits per heavy atom. The molecule has 6 nitrogen and oxygen atoms in total. The van der Waals surface area contributed by atoms with Gasteiger partial charge in [0.25, 0.3) is 5.91 Å². The zero-order valence-electron chi connectivity index (χ0n) is 18.2. The molecule has 1 amide bonds. The van der Waals surface area contributed by atoms with Crippen molar-refractivity contribution < 1.29 is 32.6 Å². The van der Waals surface area contributed by atoms with Crippen molar-refractivity contribution in [3.05, 3.63) is 59.2 Å². The molecule has 0 bridgehead atoms. The standard InChI is InChI=1S/C24H27F2NO5/c1-30-19-9-5-16(6-10-19)14-32-22-20(25)11-18(12-21(22)26)23(28)27-13-15-3-7-17(8-4-15)24(29)31-2/h5-6,9-12,15,17H,3-4,7-8,13-14H2,1-2H3,(H,27,28)/t15-,17-. The SMILES string of the molecule is COc1ccc(COc2c(F)cc(C(=O)NC[C@H]3CC[C@H](C(=O)OC)CC3)cc2F)cc1. The maximum atomic E-state index is 14.4. The smallest absolute Gasteiger partial charge is 0.308 e. The Kier molecular flexibility index (Phi) is 8.03. The van der Waals surface area contributed by atoms with E-state index in [0.29, 0.717) is 30.7 Å². The molecular formula is C24H27F2NO5. The van der Waals surface area contributed by atoms with Crippen molar-refractivity contribution >= 4 is 11.9 Å². The van der Waals surface area contributed by atoms with Crippen molar-refractivity contribution in [3.8, 4) is 11.5 Å². The predicted octanol–water partition coefficient (Wildman–Crippen LogP) is 4.26. The normalized spacial score (nSPS) is 18.0. The van der Waals surface area contributed by atoms with Gasteiger partial charge >= 0.3 is 5.97 Å². The van der Waals surface area contributed by atoms with Crippen molar-refractivity contribution in [1.29, 1.82) is 0 Å². The number of esters is 1. The number of hydrogen-bond acceptors (Lipinski definition) is 5. The molecule has 172 valence electrons. The second-order valence-electron chi connectivity index (χ2n) is 7.86. The first-order valence-electron chi connectivity index (χ1n) is 10.5. The number of benzene rings is 2. The lowest BCUT2D eigenvalue weighted by Gasteiger charge is -2.27. The second kappa shape index (κ2) is 10.9. The monoisotopic (exact) mass is 447 g/mol. The molecule has 0 spiro atoms. The van der Waals surface area contributed by atoms with E-state index in [-0.39, 0.29) is 30.0 Å². The van der Waals surface area contributed by atoms with Crippen LogP contribution in [0.4, 0.5) is 8.78 Å². The molecule has 0 saturated heterocycles. The van der Waals surface area contributed by atoms with E-state index >= 15 is 0 Å². The lowest BCUT2D eigenvalue weighted by molar-refractivity contribution is -0.146. The molecule has 0 aliphatic heterocycles. The molecule has 0 aromatic heterocycles. The third kappa shape index (κ3) is 5.96. The molecule has 1 saturated carbocycles. The van der Waals surface area contributed by atoms with Gasteiger partial charge in [-0.25, -0.2) is 8.78 Å². The Hall–Kier alpha value is -3.16. The lowest BCUT2D eigenvalue weighted by atomic mass is 9.82. The van der Waals surface area contributed by atoms with E-state index in [4.69, 9.17) is 14.2 Å². The van der Waals surface area contributed by atoms with Gasteiger partial charge < -0.3 is 19.5 Å². The highest BCUT2D eigenvalue weighted by molar-refractivity contribution is 5.94. The summed E-state index contributed by atoms with van der Waals surface area (Å²) in [6.07, 6.45) is 2.97. The van der Waals surface area contributed by atoms with E-state index in [1.54, 1.807) is 31.4 Å². The molecule has 0 unspecified atom stereocenters. The Morgan fingerprint density at radius 2 is 1.62 bits per heavy atom. The maximum Gasteiger partial charge on any atom is 0.308 e. The fourth-order valence-corrected chi connectivity index (χ4v) is 3.81. The van der Waals surface area contributed by atoms with Crippen LogP contribution in [-0.4, -0.2) is 32.6 Å². The molecule has 0 radical (unpaired) electrons. The summed E-state index contributed by atoms with van der Waals surface area (Å²) >= 11 is 0. The summed E-state index contributed by atoms with van der Waals surface area (Å²) in [4.78, 5) is 24.0. The van der Waals surface area contributed by atoms with E-state index in [0.717, 1.165) is 25.0 Å². The summed E-state index contributed by atoms with van der Waals surface area (Å²) in [5.41, 5.74) is 0.605. The number of rotatable bonds is 8. The first kappa shape index (κ1) is 23.5.